The van der Waals surface area contributed by atoms with Gasteiger partial charge in [-0.05, 0) is 6.07 Å². The SMILES string of the molecule is C=CCSc1ncc2ccccc2n1. The molecule has 0 aliphatic heterocycles. The summed E-state index contributed by atoms with van der Waals surface area (Å²) >= 11 is 1.59. The molecule has 70 valence electrons. The molecule has 0 amide bonds. The monoisotopic (exact) mass is 202 g/mol. The van der Waals surface area contributed by atoms with E-state index < -0.39 is 0 Å². The number of thioether (sulfide) groups is 1. The van der Waals surface area contributed by atoms with E-state index in [9.17, 15) is 0 Å². The van der Waals surface area contributed by atoms with Crippen molar-refractivity contribution in [2.24, 2.45) is 0 Å². The van der Waals surface area contributed by atoms with Crippen LogP contribution in [-0.4, -0.2) is 15.7 Å². The number of para-hydroxylation sites is 1. The van der Waals surface area contributed by atoms with E-state index in [0.29, 0.717) is 0 Å². The van der Waals surface area contributed by atoms with Gasteiger partial charge < -0.3 is 0 Å². The summed E-state index contributed by atoms with van der Waals surface area (Å²) in [5.41, 5.74) is 0.995. The number of benzene rings is 1. The molecule has 14 heavy (non-hydrogen) atoms. The topological polar surface area (TPSA) is 25.8 Å². The van der Waals surface area contributed by atoms with Crippen molar-refractivity contribution >= 4 is 22.7 Å². The predicted molar refractivity (Wildman–Crippen MR) is 60.5 cm³/mol. The Morgan fingerprint density at radius 2 is 2.21 bits per heavy atom. The lowest BCUT2D eigenvalue weighted by Gasteiger charge is -1.99. The molecule has 1 aromatic heterocycles. The van der Waals surface area contributed by atoms with Crippen molar-refractivity contribution in [3.63, 3.8) is 0 Å². The Balaban J connectivity index is 2.36. The van der Waals surface area contributed by atoms with Gasteiger partial charge in [-0.25, -0.2) is 9.97 Å². The van der Waals surface area contributed by atoms with E-state index in [1.165, 1.54) is 0 Å². The smallest absolute Gasteiger partial charge is 0.188 e. The van der Waals surface area contributed by atoms with Crippen LogP contribution in [0.25, 0.3) is 10.9 Å². The molecule has 2 nitrogen and oxygen atoms in total. The van der Waals surface area contributed by atoms with Crippen molar-refractivity contribution in [3.05, 3.63) is 43.1 Å². The summed E-state index contributed by atoms with van der Waals surface area (Å²) in [4.78, 5) is 8.67. The van der Waals surface area contributed by atoms with E-state index in [1.807, 2.05) is 36.5 Å². The van der Waals surface area contributed by atoms with Crippen LogP contribution >= 0.6 is 11.8 Å². The minimum Gasteiger partial charge on any atom is -0.230 e. The third-order valence-electron chi connectivity index (χ3n) is 1.80. The minimum absolute atomic E-state index is 0.809. The predicted octanol–water partition coefficient (Wildman–Crippen LogP) is 2.91. The van der Waals surface area contributed by atoms with Crippen LogP contribution in [0.4, 0.5) is 0 Å². The molecule has 0 unspecified atom stereocenters. The zero-order chi connectivity index (χ0) is 9.80. The van der Waals surface area contributed by atoms with Crippen LogP contribution in [0.1, 0.15) is 0 Å². The fourth-order valence-electron chi connectivity index (χ4n) is 1.16. The summed E-state index contributed by atoms with van der Waals surface area (Å²) in [5, 5.41) is 1.89. The van der Waals surface area contributed by atoms with Gasteiger partial charge in [0.15, 0.2) is 5.16 Å². The number of aromatic nitrogens is 2. The van der Waals surface area contributed by atoms with Gasteiger partial charge in [-0.1, -0.05) is 36.0 Å². The minimum atomic E-state index is 0.809. The van der Waals surface area contributed by atoms with Gasteiger partial charge in [0.1, 0.15) is 0 Å². The maximum atomic E-state index is 4.42. The largest absolute Gasteiger partial charge is 0.230 e. The van der Waals surface area contributed by atoms with Crippen LogP contribution in [0.15, 0.2) is 48.3 Å². The highest BCUT2D eigenvalue weighted by Gasteiger charge is 1.98. The van der Waals surface area contributed by atoms with Gasteiger partial charge in [-0.15, -0.1) is 6.58 Å². The van der Waals surface area contributed by atoms with E-state index in [2.05, 4.69) is 16.5 Å². The normalized spacial score (nSPS) is 10.3. The lowest BCUT2D eigenvalue weighted by Crippen LogP contribution is -1.87. The van der Waals surface area contributed by atoms with Gasteiger partial charge in [0.25, 0.3) is 0 Å². The van der Waals surface area contributed by atoms with Crippen molar-refractivity contribution in [1.82, 2.24) is 9.97 Å². The highest BCUT2D eigenvalue weighted by molar-refractivity contribution is 7.99. The highest BCUT2D eigenvalue weighted by Crippen LogP contribution is 2.16. The number of hydrogen-bond acceptors (Lipinski definition) is 3. The molecule has 0 fully saturated rings. The number of rotatable bonds is 3. The second kappa shape index (κ2) is 4.24. The van der Waals surface area contributed by atoms with Crippen LogP contribution in [-0.2, 0) is 0 Å². The molecule has 0 radical (unpaired) electrons. The molecule has 3 heteroatoms. The first-order valence-corrected chi connectivity index (χ1v) is 5.34. The second-order valence-corrected chi connectivity index (χ2v) is 3.80. The van der Waals surface area contributed by atoms with Gasteiger partial charge in [-0.3, -0.25) is 0 Å². The third-order valence-corrected chi connectivity index (χ3v) is 2.65. The molecule has 1 heterocycles. The molecule has 0 saturated heterocycles. The maximum Gasteiger partial charge on any atom is 0.188 e. The molecule has 0 spiro atoms. The molecule has 0 N–H and O–H groups in total. The zero-order valence-corrected chi connectivity index (χ0v) is 8.50. The Kier molecular flexibility index (Phi) is 2.79. The summed E-state index contributed by atoms with van der Waals surface area (Å²) in [6, 6.07) is 7.98. The number of hydrogen-bond donors (Lipinski definition) is 0. The van der Waals surface area contributed by atoms with E-state index in [-0.39, 0.29) is 0 Å². The summed E-state index contributed by atoms with van der Waals surface area (Å²) in [7, 11) is 0. The van der Waals surface area contributed by atoms with Gasteiger partial charge in [0, 0.05) is 17.3 Å². The number of fused-ring (bicyclic) bond motifs is 1. The fraction of sp³-hybridized carbons (Fsp3) is 0.0909. The van der Waals surface area contributed by atoms with E-state index in [4.69, 9.17) is 0 Å². The van der Waals surface area contributed by atoms with Crippen molar-refractivity contribution < 1.29 is 0 Å². The quantitative estimate of drug-likeness (QED) is 0.435. The zero-order valence-electron chi connectivity index (χ0n) is 7.68. The van der Waals surface area contributed by atoms with E-state index in [0.717, 1.165) is 21.8 Å². The Hall–Kier alpha value is -1.35. The molecular formula is C11H10N2S. The first-order valence-electron chi connectivity index (χ1n) is 4.35. The molecule has 0 aliphatic carbocycles. The first-order chi connectivity index (χ1) is 6.90. The van der Waals surface area contributed by atoms with Crippen LogP contribution < -0.4 is 0 Å². The van der Waals surface area contributed by atoms with E-state index in [1.54, 1.807) is 11.8 Å². The average Bonchev–Trinajstić information content (AvgIpc) is 2.26. The van der Waals surface area contributed by atoms with Crippen LogP contribution in [0, 0.1) is 0 Å². The number of nitrogens with zero attached hydrogens (tertiary/aromatic N) is 2. The lowest BCUT2D eigenvalue weighted by molar-refractivity contribution is 1.01. The Bertz CT molecular complexity index is 454. The van der Waals surface area contributed by atoms with Crippen molar-refractivity contribution in [1.29, 1.82) is 0 Å². The summed E-state index contributed by atoms with van der Waals surface area (Å²) in [6.45, 7) is 3.66. The van der Waals surface area contributed by atoms with Crippen molar-refractivity contribution in [2.45, 2.75) is 5.16 Å². The Labute approximate surface area is 87.1 Å². The summed E-state index contributed by atoms with van der Waals surface area (Å²) in [6.07, 6.45) is 3.71. The molecule has 0 saturated carbocycles. The van der Waals surface area contributed by atoms with Crippen LogP contribution in [0.5, 0.6) is 0 Å². The summed E-state index contributed by atoms with van der Waals surface area (Å²) in [5.74, 6) is 0.846. The van der Waals surface area contributed by atoms with Gasteiger partial charge >= 0.3 is 0 Å². The summed E-state index contributed by atoms with van der Waals surface area (Å²) < 4.78 is 0. The third kappa shape index (κ3) is 1.93. The molecule has 0 bridgehead atoms. The van der Waals surface area contributed by atoms with Gasteiger partial charge in [-0.2, -0.15) is 0 Å². The Morgan fingerprint density at radius 3 is 3.07 bits per heavy atom. The van der Waals surface area contributed by atoms with E-state index >= 15 is 0 Å². The molecule has 0 atom stereocenters. The lowest BCUT2D eigenvalue weighted by atomic mass is 10.2. The standard InChI is InChI=1S/C11H10N2S/c1-2-7-14-11-12-8-9-5-3-4-6-10(9)13-11/h2-6,8H,1,7H2. The second-order valence-electron chi connectivity index (χ2n) is 2.81. The van der Waals surface area contributed by atoms with Crippen molar-refractivity contribution in [3.8, 4) is 0 Å². The van der Waals surface area contributed by atoms with Crippen molar-refractivity contribution in [2.75, 3.05) is 5.75 Å². The molecule has 2 rings (SSSR count). The molecule has 2 aromatic rings. The molecular weight excluding hydrogens is 192 g/mol. The molecule has 0 aliphatic rings. The van der Waals surface area contributed by atoms with Crippen LogP contribution in [0.3, 0.4) is 0 Å². The van der Waals surface area contributed by atoms with Crippen LogP contribution in [0.2, 0.25) is 0 Å². The maximum absolute atomic E-state index is 4.42. The average molecular weight is 202 g/mol. The Morgan fingerprint density at radius 1 is 1.36 bits per heavy atom. The first kappa shape index (κ1) is 9.21. The van der Waals surface area contributed by atoms with Gasteiger partial charge in [0.2, 0.25) is 0 Å². The molecule has 1 aromatic carbocycles. The van der Waals surface area contributed by atoms with Gasteiger partial charge in [0.05, 0.1) is 5.52 Å². The highest BCUT2D eigenvalue weighted by atomic mass is 32.2. The fourth-order valence-corrected chi connectivity index (χ4v) is 1.72.